The van der Waals surface area contributed by atoms with Crippen LogP contribution in [0.3, 0.4) is 0 Å². The molecule has 3 heteroatoms. The maximum atomic E-state index is 9.58. The summed E-state index contributed by atoms with van der Waals surface area (Å²) in [6.07, 6.45) is 1.44. The van der Waals surface area contributed by atoms with Crippen LogP contribution >= 0.6 is 0 Å². The summed E-state index contributed by atoms with van der Waals surface area (Å²) in [5, 5.41) is 10.8. The molecule has 3 N–H and O–H groups in total. The zero-order chi connectivity index (χ0) is 10.1. The van der Waals surface area contributed by atoms with E-state index in [-0.39, 0.29) is 6.54 Å². The van der Waals surface area contributed by atoms with Crippen molar-refractivity contribution in [1.29, 1.82) is 0 Å². The average Bonchev–Trinajstić information content (AvgIpc) is 2.59. The van der Waals surface area contributed by atoms with Crippen LogP contribution in [0.5, 0.6) is 0 Å². The van der Waals surface area contributed by atoms with Gasteiger partial charge < -0.3 is 15.4 Å². The van der Waals surface area contributed by atoms with Crippen LogP contribution in [0, 0.1) is 0 Å². The number of fused-ring (bicyclic) bond motifs is 1. The molecule has 1 aromatic carbocycles. The quantitative estimate of drug-likeness (QED) is 0.747. The lowest BCUT2D eigenvalue weighted by Crippen LogP contribution is -2.11. The molecule has 0 unspecified atom stereocenters. The minimum atomic E-state index is -0.561. The Morgan fingerprint density at radius 1 is 1.43 bits per heavy atom. The number of aromatic nitrogens is 1. The van der Waals surface area contributed by atoms with Crippen LogP contribution in [-0.2, 0) is 7.05 Å². The van der Waals surface area contributed by atoms with E-state index in [4.69, 9.17) is 5.73 Å². The second kappa shape index (κ2) is 3.44. The summed E-state index contributed by atoms with van der Waals surface area (Å²) >= 11 is 0. The zero-order valence-corrected chi connectivity index (χ0v) is 8.14. The van der Waals surface area contributed by atoms with Crippen molar-refractivity contribution < 1.29 is 5.11 Å². The summed E-state index contributed by atoms with van der Waals surface area (Å²) in [6, 6.07) is 7.95. The highest BCUT2D eigenvalue weighted by Crippen LogP contribution is 2.20. The summed E-state index contributed by atoms with van der Waals surface area (Å²) in [4.78, 5) is 0. The van der Waals surface area contributed by atoms with E-state index in [1.165, 1.54) is 5.39 Å². The van der Waals surface area contributed by atoms with Crippen LogP contribution < -0.4 is 5.73 Å². The Labute approximate surface area is 82.8 Å². The van der Waals surface area contributed by atoms with E-state index < -0.39 is 6.10 Å². The predicted octanol–water partition coefficient (Wildman–Crippen LogP) is 1.17. The molecule has 0 amide bonds. The molecule has 0 fully saturated rings. The van der Waals surface area contributed by atoms with Gasteiger partial charge in [0.2, 0.25) is 0 Å². The SMILES string of the molecule is Cn1ccc2ccc([C@H](O)CN)cc21. The Kier molecular flexibility index (Phi) is 2.27. The number of hydrogen-bond acceptors (Lipinski definition) is 2. The normalized spacial score (nSPS) is 13.4. The first-order valence-electron chi connectivity index (χ1n) is 4.65. The van der Waals surface area contributed by atoms with Gasteiger partial charge in [0.25, 0.3) is 0 Å². The van der Waals surface area contributed by atoms with Crippen LogP contribution in [0.4, 0.5) is 0 Å². The molecule has 2 rings (SSSR count). The Bertz CT molecular complexity index is 447. The summed E-state index contributed by atoms with van der Waals surface area (Å²) in [5.74, 6) is 0. The maximum absolute atomic E-state index is 9.58. The number of benzene rings is 1. The second-order valence-electron chi connectivity index (χ2n) is 3.50. The number of nitrogens with two attached hydrogens (primary N) is 1. The monoisotopic (exact) mass is 190 g/mol. The lowest BCUT2D eigenvalue weighted by atomic mass is 10.1. The molecule has 0 spiro atoms. The van der Waals surface area contributed by atoms with Gasteiger partial charge in [-0.1, -0.05) is 12.1 Å². The number of nitrogens with zero attached hydrogens (tertiary/aromatic N) is 1. The Morgan fingerprint density at radius 2 is 2.21 bits per heavy atom. The molecule has 3 nitrogen and oxygen atoms in total. The fraction of sp³-hybridized carbons (Fsp3) is 0.273. The highest BCUT2D eigenvalue weighted by atomic mass is 16.3. The van der Waals surface area contributed by atoms with Crippen LogP contribution in [-0.4, -0.2) is 16.2 Å². The minimum Gasteiger partial charge on any atom is -0.387 e. The van der Waals surface area contributed by atoms with Gasteiger partial charge >= 0.3 is 0 Å². The minimum absolute atomic E-state index is 0.260. The molecule has 0 aliphatic rings. The standard InChI is InChI=1S/C11H14N2O/c1-13-5-4-8-2-3-9(6-10(8)13)11(14)7-12/h2-6,11,14H,7,12H2,1H3/t11-/m1/s1. The first-order chi connectivity index (χ1) is 6.72. The van der Waals surface area contributed by atoms with E-state index in [0.717, 1.165) is 11.1 Å². The molecular weight excluding hydrogens is 176 g/mol. The van der Waals surface area contributed by atoms with Crippen LogP contribution in [0.1, 0.15) is 11.7 Å². The zero-order valence-electron chi connectivity index (χ0n) is 8.14. The van der Waals surface area contributed by atoms with Crippen LogP contribution in [0.25, 0.3) is 10.9 Å². The number of aryl methyl sites for hydroxylation is 1. The molecule has 1 aromatic heterocycles. The van der Waals surface area contributed by atoms with E-state index in [0.29, 0.717) is 0 Å². The summed E-state index contributed by atoms with van der Waals surface area (Å²) in [7, 11) is 1.99. The first-order valence-corrected chi connectivity index (χ1v) is 4.65. The van der Waals surface area contributed by atoms with E-state index in [1.54, 1.807) is 0 Å². The molecule has 1 heterocycles. The fourth-order valence-electron chi connectivity index (χ4n) is 1.62. The number of aliphatic hydroxyl groups excluding tert-OH is 1. The molecular formula is C11H14N2O. The van der Waals surface area contributed by atoms with Gasteiger partial charge in [-0.05, 0) is 23.1 Å². The highest BCUT2D eigenvalue weighted by molar-refractivity contribution is 5.80. The molecule has 2 aromatic rings. The van der Waals surface area contributed by atoms with Gasteiger partial charge in [0, 0.05) is 25.3 Å². The van der Waals surface area contributed by atoms with E-state index in [9.17, 15) is 5.11 Å². The molecule has 74 valence electrons. The number of hydrogen-bond donors (Lipinski definition) is 2. The van der Waals surface area contributed by atoms with E-state index >= 15 is 0 Å². The van der Waals surface area contributed by atoms with Gasteiger partial charge in [0.05, 0.1) is 6.10 Å². The van der Waals surface area contributed by atoms with Crippen molar-refractivity contribution in [3.8, 4) is 0 Å². The van der Waals surface area contributed by atoms with E-state index in [2.05, 4.69) is 0 Å². The first kappa shape index (κ1) is 9.24. The number of aliphatic hydroxyl groups is 1. The Balaban J connectivity index is 2.54. The van der Waals surface area contributed by atoms with Crippen molar-refractivity contribution in [3.05, 3.63) is 36.0 Å². The average molecular weight is 190 g/mol. The lowest BCUT2D eigenvalue weighted by Gasteiger charge is -2.08. The topological polar surface area (TPSA) is 51.2 Å². The van der Waals surface area contributed by atoms with Crippen LogP contribution in [0.2, 0.25) is 0 Å². The fourth-order valence-corrected chi connectivity index (χ4v) is 1.62. The third-order valence-electron chi connectivity index (χ3n) is 2.52. The molecule has 0 saturated carbocycles. The summed E-state index contributed by atoms with van der Waals surface area (Å²) in [5.41, 5.74) is 7.40. The van der Waals surface area contributed by atoms with Crippen LogP contribution in [0.15, 0.2) is 30.5 Å². The smallest absolute Gasteiger partial charge is 0.0912 e. The molecule has 0 aliphatic heterocycles. The van der Waals surface area contributed by atoms with Crippen molar-refractivity contribution in [2.75, 3.05) is 6.54 Å². The predicted molar refractivity (Wildman–Crippen MR) is 56.9 cm³/mol. The molecule has 14 heavy (non-hydrogen) atoms. The van der Waals surface area contributed by atoms with Crippen molar-refractivity contribution in [2.45, 2.75) is 6.10 Å². The van der Waals surface area contributed by atoms with Crippen molar-refractivity contribution in [3.63, 3.8) is 0 Å². The van der Waals surface area contributed by atoms with Gasteiger partial charge in [-0.3, -0.25) is 0 Å². The van der Waals surface area contributed by atoms with Gasteiger partial charge in [0.15, 0.2) is 0 Å². The molecule has 0 saturated heterocycles. The third-order valence-corrected chi connectivity index (χ3v) is 2.52. The molecule has 0 bridgehead atoms. The van der Waals surface area contributed by atoms with Gasteiger partial charge in [0.1, 0.15) is 0 Å². The van der Waals surface area contributed by atoms with Crippen molar-refractivity contribution in [2.24, 2.45) is 12.8 Å². The van der Waals surface area contributed by atoms with Crippen molar-refractivity contribution in [1.82, 2.24) is 4.57 Å². The lowest BCUT2D eigenvalue weighted by molar-refractivity contribution is 0.187. The number of rotatable bonds is 2. The molecule has 1 atom stereocenters. The Hall–Kier alpha value is -1.32. The largest absolute Gasteiger partial charge is 0.387 e. The summed E-state index contributed by atoms with van der Waals surface area (Å²) < 4.78 is 2.03. The Morgan fingerprint density at radius 3 is 2.93 bits per heavy atom. The molecule has 0 aliphatic carbocycles. The van der Waals surface area contributed by atoms with Gasteiger partial charge in [-0.15, -0.1) is 0 Å². The second-order valence-corrected chi connectivity index (χ2v) is 3.50. The highest BCUT2D eigenvalue weighted by Gasteiger charge is 2.06. The third kappa shape index (κ3) is 1.41. The van der Waals surface area contributed by atoms with E-state index in [1.807, 2.05) is 42.1 Å². The maximum Gasteiger partial charge on any atom is 0.0912 e. The van der Waals surface area contributed by atoms with Gasteiger partial charge in [-0.25, -0.2) is 0 Å². The molecule has 0 radical (unpaired) electrons. The van der Waals surface area contributed by atoms with Gasteiger partial charge in [-0.2, -0.15) is 0 Å². The van der Waals surface area contributed by atoms with Crippen molar-refractivity contribution >= 4 is 10.9 Å². The summed E-state index contributed by atoms with van der Waals surface area (Å²) in [6.45, 7) is 0.260.